The van der Waals surface area contributed by atoms with Crippen molar-refractivity contribution in [1.29, 1.82) is 0 Å². The molecule has 0 saturated heterocycles. The third kappa shape index (κ3) is 7.76. The van der Waals surface area contributed by atoms with E-state index in [4.69, 9.17) is 22.4 Å². The summed E-state index contributed by atoms with van der Waals surface area (Å²) >= 11 is 0. The van der Waals surface area contributed by atoms with Gasteiger partial charge >= 0.3 is 15.0 Å². The predicted molar refractivity (Wildman–Crippen MR) is 77.0 cm³/mol. The van der Waals surface area contributed by atoms with Crippen LogP contribution < -0.4 is 0 Å². The first kappa shape index (κ1) is 19.3. The summed E-state index contributed by atoms with van der Waals surface area (Å²) in [4.78, 5) is 11.1. The molecule has 0 spiro atoms. The predicted octanol–water partition coefficient (Wildman–Crippen LogP) is 2.06. The summed E-state index contributed by atoms with van der Waals surface area (Å²) in [7, 11) is 0.0909. The van der Waals surface area contributed by atoms with E-state index < -0.39 is 9.05 Å². The molecule has 0 aliphatic heterocycles. The first-order valence-corrected chi connectivity index (χ1v) is 8.35. The van der Waals surface area contributed by atoms with E-state index in [2.05, 4.69) is 6.58 Å². The maximum Gasteiger partial charge on any atom is 0.679 e. The summed E-state index contributed by atoms with van der Waals surface area (Å²) in [5, 5.41) is 0. The lowest BCUT2D eigenvalue weighted by molar-refractivity contribution is -0.139. The van der Waals surface area contributed by atoms with E-state index in [-0.39, 0.29) is 5.97 Å². The summed E-state index contributed by atoms with van der Waals surface area (Å²) in [5.74, 6) is -0.345. The van der Waals surface area contributed by atoms with Gasteiger partial charge in [-0.05, 0) is 33.1 Å². The van der Waals surface area contributed by atoms with Crippen molar-refractivity contribution in [3.63, 3.8) is 0 Å². The van der Waals surface area contributed by atoms with Crippen LogP contribution in [0.2, 0.25) is 0 Å². The molecule has 0 aliphatic rings. The molecule has 0 atom stereocenters. The number of hydrogen-bond donors (Lipinski definition) is 0. The van der Waals surface area contributed by atoms with Crippen molar-refractivity contribution >= 4 is 15.0 Å². The monoisotopic (exact) mass is 306 g/mol. The summed E-state index contributed by atoms with van der Waals surface area (Å²) in [6.07, 6.45) is 2.48. The highest BCUT2D eigenvalue weighted by Gasteiger charge is 2.42. The molecule has 0 radical (unpaired) electrons. The van der Waals surface area contributed by atoms with Gasteiger partial charge in [-0.25, -0.2) is 4.79 Å². The van der Waals surface area contributed by atoms with Crippen molar-refractivity contribution in [2.45, 2.75) is 33.1 Å². The van der Waals surface area contributed by atoms with Crippen LogP contribution in [-0.2, 0) is 27.2 Å². The lowest BCUT2D eigenvalue weighted by atomic mass is 10.2. The molecule has 118 valence electrons. The molecule has 6 nitrogen and oxygen atoms in total. The van der Waals surface area contributed by atoms with Crippen LogP contribution in [0.5, 0.6) is 0 Å². The maximum atomic E-state index is 11.1. The molecule has 0 aromatic carbocycles. The number of ether oxygens (including phenoxy) is 1. The number of carbonyl (C=O) groups excluding carboxylic acids is 1. The molecule has 7 heteroatoms. The van der Waals surface area contributed by atoms with Crippen molar-refractivity contribution in [2.24, 2.45) is 0 Å². The summed E-state index contributed by atoms with van der Waals surface area (Å²) in [6.45, 7) is 8.37. The van der Waals surface area contributed by atoms with E-state index in [1.54, 1.807) is 6.92 Å². The number of hydrogen-bond acceptors (Lipinski definition) is 6. The van der Waals surface area contributed by atoms with Crippen molar-refractivity contribution in [3.05, 3.63) is 12.2 Å². The smallest absolute Gasteiger partial charge is 0.462 e. The molecule has 0 fully saturated rings. The number of esters is 1. The van der Waals surface area contributed by atoms with Crippen molar-refractivity contribution in [3.8, 4) is 0 Å². The van der Waals surface area contributed by atoms with Crippen LogP contribution in [0.1, 0.15) is 33.1 Å². The molecule has 0 unspecified atom stereocenters. The Morgan fingerprint density at radius 2 is 1.65 bits per heavy atom. The highest BCUT2D eigenvalue weighted by molar-refractivity contribution is 6.53. The molecule has 0 aromatic heterocycles. The third-order valence-corrected chi connectivity index (χ3v) is 4.67. The molecular weight excluding hydrogens is 280 g/mol. The van der Waals surface area contributed by atoms with Gasteiger partial charge in [-0.15, -0.1) is 0 Å². The molecule has 0 bridgehead atoms. The minimum absolute atomic E-state index is 0.345. The molecule has 0 aliphatic carbocycles. The first-order valence-electron chi connectivity index (χ1n) is 6.72. The topological polar surface area (TPSA) is 63.2 Å². The van der Waals surface area contributed by atoms with Gasteiger partial charge < -0.3 is 22.4 Å². The zero-order valence-corrected chi connectivity index (χ0v) is 13.9. The molecular formula is C13H26O6Si. The number of carbonyl (C=O) groups is 1. The molecule has 0 aromatic rings. The average molecular weight is 306 g/mol. The summed E-state index contributed by atoms with van der Waals surface area (Å²) in [5.41, 5.74) is 0.418. The largest absolute Gasteiger partial charge is 0.679 e. The van der Waals surface area contributed by atoms with Gasteiger partial charge in [-0.1, -0.05) is 6.58 Å². The van der Waals surface area contributed by atoms with Crippen molar-refractivity contribution in [2.75, 3.05) is 34.0 Å². The van der Waals surface area contributed by atoms with Gasteiger partial charge in [0.1, 0.15) is 0 Å². The van der Waals surface area contributed by atoms with Gasteiger partial charge in [0.25, 0.3) is 0 Å². The van der Waals surface area contributed by atoms with Crippen LogP contribution in [0.15, 0.2) is 12.2 Å². The quantitative estimate of drug-likeness (QED) is 0.238. The zero-order valence-electron chi connectivity index (χ0n) is 12.9. The zero-order chi connectivity index (χ0) is 15.4. The molecule has 0 rings (SSSR count). The Labute approximate surface area is 122 Å². The Hall–Kier alpha value is -0.733. The summed E-state index contributed by atoms with van der Waals surface area (Å²) < 4.78 is 26.4. The van der Waals surface area contributed by atoms with Gasteiger partial charge in [0.05, 0.1) is 6.61 Å². The normalized spacial score (nSPS) is 11.4. The Kier molecular flexibility index (Phi) is 10.6. The Balaban J connectivity index is 3.69. The van der Waals surface area contributed by atoms with E-state index in [1.165, 1.54) is 14.2 Å². The summed E-state index contributed by atoms with van der Waals surface area (Å²) in [6, 6.07) is 0. The second kappa shape index (κ2) is 11.0. The fourth-order valence-electron chi connectivity index (χ4n) is 1.40. The van der Waals surface area contributed by atoms with Crippen LogP contribution in [-0.4, -0.2) is 49.1 Å². The molecule has 0 N–H and O–H groups in total. The second-order valence-electron chi connectivity index (χ2n) is 4.17. The van der Waals surface area contributed by atoms with Gasteiger partial charge in [-0.2, -0.15) is 0 Å². The lowest BCUT2D eigenvalue weighted by Crippen LogP contribution is -2.47. The fraction of sp³-hybridized carbons (Fsp3) is 0.769. The maximum absolute atomic E-state index is 11.1. The van der Waals surface area contributed by atoms with E-state index in [0.29, 0.717) is 25.4 Å². The first-order chi connectivity index (χ1) is 9.51. The van der Waals surface area contributed by atoms with Crippen molar-refractivity contribution < 1.29 is 27.2 Å². The highest BCUT2D eigenvalue weighted by Crippen LogP contribution is 2.10. The van der Waals surface area contributed by atoms with Crippen molar-refractivity contribution in [1.82, 2.24) is 0 Å². The molecule has 0 heterocycles. The minimum Gasteiger partial charge on any atom is -0.462 e. The van der Waals surface area contributed by atoms with E-state index in [1.807, 2.05) is 6.92 Å². The second-order valence-corrected chi connectivity index (χ2v) is 6.56. The average Bonchev–Trinajstić information content (AvgIpc) is 2.44. The fourth-order valence-corrected chi connectivity index (χ4v) is 2.87. The van der Waals surface area contributed by atoms with Gasteiger partial charge in [-0.3, -0.25) is 0 Å². The SMILES string of the molecule is C=C(C)C(=O)OCCCCCO[Si](OC)(OC)OCC. The highest BCUT2D eigenvalue weighted by atomic mass is 28.4. The molecule has 20 heavy (non-hydrogen) atoms. The van der Waals surface area contributed by atoms with Crippen LogP contribution in [0.25, 0.3) is 0 Å². The van der Waals surface area contributed by atoms with E-state index in [0.717, 1.165) is 19.3 Å². The Bertz CT molecular complexity index is 291. The number of rotatable bonds is 12. The van der Waals surface area contributed by atoms with E-state index >= 15 is 0 Å². The number of unbranched alkanes of at least 4 members (excludes halogenated alkanes) is 2. The third-order valence-electron chi connectivity index (χ3n) is 2.47. The van der Waals surface area contributed by atoms with Crippen LogP contribution in [0.4, 0.5) is 0 Å². The van der Waals surface area contributed by atoms with Gasteiger partial charge in [0.15, 0.2) is 0 Å². The van der Waals surface area contributed by atoms with Crippen LogP contribution in [0, 0.1) is 0 Å². The van der Waals surface area contributed by atoms with E-state index in [9.17, 15) is 4.79 Å². The van der Waals surface area contributed by atoms with Gasteiger partial charge in [0, 0.05) is 33.0 Å². The Morgan fingerprint density at radius 1 is 1.05 bits per heavy atom. The molecule has 0 saturated carbocycles. The lowest BCUT2D eigenvalue weighted by Gasteiger charge is -2.24. The van der Waals surface area contributed by atoms with Crippen LogP contribution >= 0.6 is 0 Å². The van der Waals surface area contributed by atoms with Gasteiger partial charge in [0.2, 0.25) is 0 Å². The molecule has 0 amide bonds. The standard InChI is InChI=1S/C13H26O6Si/c1-6-18-20(15-4,16-5)19-11-9-7-8-10-17-13(14)12(2)3/h2,6-11H2,1,3-5H3. The van der Waals surface area contributed by atoms with Crippen LogP contribution in [0.3, 0.4) is 0 Å². The Morgan fingerprint density at radius 3 is 2.15 bits per heavy atom. The minimum atomic E-state index is -2.94.